The summed E-state index contributed by atoms with van der Waals surface area (Å²) in [4.78, 5) is 11.8. The van der Waals surface area contributed by atoms with E-state index in [1.54, 1.807) is 0 Å². The van der Waals surface area contributed by atoms with Gasteiger partial charge >= 0.3 is 0 Å². The summed E-state index contributed by atoms with van der Waals surface area (Å²) in [5.74, 6) is 0.778. The number of piperazine rings is 1. The van der Waals surface area contributed by atoms with Crippen LogP contribution in [0.2, 0.25) is 5.02 Å². The van der Waals surface area contributed by atoms with Gasteiger partial charge in [0.1, 0.15) is 0 Å². The number of nitrogens with one attached hydrogen (secondary N) is 1. The van der Waals surface area contributed by atoms with Gasteiger partial charge < -0.3 is 10.2 Å². The van der Waals surface area contributed by atoms with E-state index < -0.39 is 0 Å². The summed E-state index contributed by atoms with van der Waals surface area (Å²) in [6.45, 7) is 3.75. The molecule has 0 saturated carbocycles. The minimum atomic E-state index is 0.696. The average Bonchev–Trinajstić information content (AvgIpc) is 2.62. The van der Waals surface area contributed by atoms with Gasteiger partial charge in [-0.3, -0.25) is 0 Å². The number of fused-ring (bicyclic) bond motifs is 1. The van der Waals surface area contributed by atoms with Gasteiger partial charge in [-0.2, -0.15) is 0 Å². The van der Waals surface area contributed by atoms with Gasteiger partial charge in [0.2, 0.25) is 5.95 Å². The van der Waals surface area contributed by atoms with Crippen molar-refractivity contribution in [2.75, 3.05) is 31.1 Å². The minimum Gasteiger partial charge on any atom is -0.338 e. The topological polar surface area (TPSA) is 41.1 Å². The van der Waals surface area contributed by atoms with Gasteiger partial charge in [0, 0.05) is 42.2 Å². The zero-order chi connectivity index (χ0) is 15.6. The molecule has 1 aliphatic heterocycles. The highest BCUT2D eigenvalue weighted by atomic mass is 35.5. The summed E-state index contributed by atoms with van der Waals surface area (Å²) in [5.41, 5.74) is 2.94. The minimum absolute atomic E-state index is 0.696. The van der Waals surface area contributed by atoms with Crippen molar-refractivity contribution in [1.82, 2.24) is 15.3 Å². The molecule has 116 valence electrons. The molecule has 2 aromatic carbocycles. The van der Waals surface area contributed by atoms with Gasteiger partial charge in [-0.05, 0) is 18.2 Å². The van der Waals surface area contributed by atoms with Crippen molar-refractivity contribution < 1.29 is 0 Å². The smallest absolute Gasteiger partial charge is 0.226 e. The molecule has 1 saturated heterocycles. The SMILES string of the molecule is Clc1ccc2c(-c3ccccc3)nc(N3CCNCC3)nc2c1. The largest absolute Gasteiger partial charge is 0.338 e. The molecule has 0 spiro atoms. The van der Waals surface area contributed by atoms with Crippen LogP contribution in [-0.4, -0.2) is 36.1 Å². The number of nitrogens with zero attached hydrogens (tertiary/aromatic N) is 3. The van der Waals surface area contributed by atoms with E-state index in [9.17, 15) is 0 Å². The lowest BCUT2D eigenvalue weighted by molar-refractivity contribution is 0.581. The second-order valence-electron chi connectivity index (χ2n) is 5.64. The standard InChI is InChI=1S/C18H17ClN4/c19-14-6-7-15-16(12-14)21-18(23-10-8-20-9-11-23)22-17(15)13-4-2-1-3-5-13/h1-7,12,20H,8-11H2. The van der Waals surface area contributed by atoms with Crippen molar-refractivity contribution in [3.63, 3.8) is 0 Å². The van der Waals surface area contributed by atoms with Crippen molar-refractivity contribution >= 4 is 28.5 Å². The third-order valence-corrected chi connectivity index (χ3v) is 4.33. The molecule has 23 heavy (non-hydrogen) atoms. The fourth-order valence-corrected chi connectivity index (χ4v) is 3.08. The van der Waals surface area contributed by atoms with E-state index in [0.29, 0.717) is 5.02 Å². The molecule has 3 aromatic rings. The number of halogens is 1. The highest BCUT2D eigenvalue weighted by Crippen LogP contribution is 2.29. The molecule has 1 aliphatic rings. The number of rotatable bonds is 2. The van der Waals surface area contributed by atoms with E-state index >= 15 is 0 Å². The molecule has 0 atom stereocenters. The van der Waals surface area contributed by atoms with Crippen LogP contribution in [0, 0.1) is 0 Å². The van der Waals surface area contributed by atoms with Crippen LogP contribution in [0.4, 0.5) is 5.95 Å². The molecule has 0 radical (unpaired) electrons. The molecule has 1 aromatic heterocycles. The number of anilines is 1. The molecule has 4 rings (SSSR count). The Kier molecular flexibility index (Phi) is 3.85. The highest BCUT2D eigenvalue weighted by Gasteiger charge is 2.16. The maximum absolute atomic E-state index is 6.17. The van der Waals surface area contributed by atoms with E-state index in [1.807, 2.05) is 36.4 Å². The Hall–Kier alpha value is -2.17. The van der Waals surface area contributed by atoms with Crippen LogP contribution in [0.3, 0.4) is 0 Å². The first kappa shape index (κ1) is 14.4. The first-order chi connectivity index (χ1) is 11.3. The maximum atomic E-state index is 6.17. The van der Waals surface area contributed by atoms with Crippen LogP contribution >= 0.6 is 11.6 Å². The fourth-order valence-electron chi connectivity index (χ4n) is 2.91. The van der Waals surface area contributed by atoms with E-state index in [4.69, 9.17) is 21.6 Å². The molecular weight excluding hydrogens is 308 g/mol. The fraction of sp³-hybridized carbons (Fsp3) is 0.222. The molecule has 0 unspecified atom stereocenters. The van der Waals surface area contributed by atoms with E-state index in [-0.39, 0.29) is 0 Å². The second kappa shape index (κ2) is 6.14. The molecule has 0 bridgehead atoms. The lowest BCUT2D eigenvalue weighted by atomic mass is 10.1. The summed E-state index contributed by atoms with van der Waals surface area (Å²) in [6.07, 6.45) is 0. The van der Waals surface area contributed by atoms with Crippen LogP contribution in [0.1, 0.15) is 0 Å². The molecular formula is C18H17ClN4. The van der Waals surface area contributed by atoms with Crippen molar-refractivity contribution in [3.05, 3.63) is 53.6 Å². The second-order valence-corrected chi connectivity index (χ2v) is 6.07. The van der Waals surface area contributed by atoms with Crippen molar-refractivity contribution in [2.45, 2.75) is 0 Å². The third kappa shape index (κ3) is 2.87. The normalized spacial score (nSPS) is 15.1. The van der Waals surface area contributed by atoms with Crippen LogP contribution in [0.15, 0.2) is 48.5 Å². The number of aromatic nitrogens is 2. The Morgan fingerprint density at radius 3 is 2.52 bits per heavy atom. The van der Waals surface area contributed by atoms with Crippen LogP contribution < -0.4 is 10.2 Å². The Balaban J connectivity index is 1.91. The monoisotopic (exact) mass is 324 g/mol. The zero-order valence-electron chi connectivity index (χ0n) is 12.7. The number of benzene rings is 2. The third-order valence-electron chi connectivity index (χ3n) is 4.09. The number of hydrogen-bond donors (Lipinski definition) is 1. The highest BCUT2D eigenvalue weighted by molar-refractivity contribution is 6.31. The van der Waals surface area contributed by atoms with Crippen molar-refractivity contribution in [2.24, 2.45) is 0 Å². The lowest BCUT2D eigenvalue weighted by Gasteiger charge is -2.28. The summed E-state index contributed by atoms with van der Waals surface area (Å²) in [7, 11) is 0. The van der Waals surface area contributed by atoms with Crippen LogP contribution in [-0.2, 0) is 0 Å². The first-order valence-electron chi connectivity index (χ1n) is 7.80. The van der Waals surface area contributed by atoms with Crippen molar-refractivity contribution in [3.8, 4) is 11.3 Å². The summed E-state index contributed by atoms with van der Waals surface area (Å²) < 4.78 is 0. The summed E-state index contributed by atoms with van der Waals surface area (Å²) >= 11 is 6.17. The molecule has 5 heteroatoms. The Morgan fingerprint density at radius 2 is 1.74 bits per heavy atom. The quantitative estimate of drug-likeness (QED) is 0.785. The Bertz CT molecular complexity index is 829. The van der Waals surface area contributed by atoms with Gasteiger partial charge in [-0.15, -0.1) is 0 Å². The first-order valence-corrected chi connectivity index (χ1v) is 8.17. The maximum Gasteiger partial charge on any atom is 0.226 e. The predicted molar refractivity (Wildman–Crippen MR) is 95.1 cm³/mol. The zero-order valence-corrected chi connectivity index (χ0v) is 13.4. The van der Waals surface area contributed by atoms with Gasteiger partial charge in [0.25, 0.3) is 0 Å². The predicted octanol–water partition coefficient (Wildman–Crippen LogP) is 3.36. The molecule has 0 aliphatic carbocycles. The van der Waals surface area contributed by atoms with Gasteiger partial charge in [-0.1, -0.05) is 41.9 Å². The Morgan fingerprint density at radius 1 is 0.957 bits per heavy atom. The van der Waals surface area contributed by atoms with E-state index in [0.717, 1.165) is 54.3 Å². The lowest BCUT2D eigenvalue weighted by Crippen LogP contribution is -2.44. The van der Waals surface area contributed by atoms with Gasteiger partial charge in [0.05, 0.1) is 11.2 Å². The van der Waals surface area contributed by atoms with Gasteiger partial charge in [-0.25, -0.2) is 9.97 Å². The van der Waals surface area contributed by atoms with E-state index in [2.05, 4.69) is 22.3 Å². The van der Waals surface area contributed by atoms with E-state index in [1.165, 1.54) is 0 Å². The summed E-state index contributed by atoms with van der Waals surface area (Å²) in [6, 6.07) is 16.0. The van der Waals surface area contributed by atoms with Crippen LogP contribution in [0.5, 0.6) is 0 Å². The van der Waals surface area contributed by atoms with Crippen LogP contribution in [0.25, 0.3) is 22.2 Å². The molecule has 2 heterocycles. The summed E-state index contributed by atoms with van der Waals surface area (Å²) in [5, 5.41) is 5.08. The average molecular weight is 325 g/mol. The molecule has 4 nitrogen and oxygen atoms in total. The molecule has 0 amide bonds. The van der Waals surface area contributed by atoms with Crippen molar-refractivity contribution in [1.29, 1.82) is 0 Å². The number of hydrogen-bond acceptors (Lipinski definition) is 4. The Labute approximate surface area is 140 Å². The molecule has 1 N–H and O–H groups in total. The molecule has 1 fully saturated rings. The van der Waals surface area contributed by atoms with Gasteiger partial charge in [0.15, 0.2) is 0 Å².